The Morgan fingerprint density at radius 2 is 1.89 bits per heavy atom. The van der Waals surface area contributed by atoms with Crippen molar-refractivity contribution < 1.29 is 18.0 Å². The van der Waals surface area contributed by atoms with Gasteiger partial charge in [-0.05, 0) is 29.3 Å². The lowest BCUT2D eigenvalue weighted by atomic mass is 10.1. The van der Waals surface area contributed by atoms with E-state index in [1.54, 1.807) is 24.3 Å². The molecule has 1 heterocycles. The fourth-order valence-electron chi connectivity index (χ4n) is 2.46. The molecule has 1 aromatic heterocycles. The number of hydrogen-bond donors (Lipinski definition) is 1. The van der Waals surface area contributed by atoms with Gasteiger partial charge in [-0.15, -0.1) is 22.9 Å². The number of thiazole rings is 1. The van der Waals surface area contributed by atoms with Crippen molar-refractivity contribution >= 4 is 45.6 Å². The maximum absolute atomic E-state index is 12.9. The summed E-state index contributed by atoms with van der Waals surface area (Å²) in [6, 6.07) is 12.0. The quantitative estimate of drug-likeness (QED) is 0.467. The number of alkyl halides is 4. The molecule has 0 spiro atoms. The summed E-state index contributed by atoms with van der Waals surface area (Å²) in [6.45, 7) is 0. The highest BCUT2D eigenvalue weighted by molar-refractivity contribution is 7.15. The molecular formula is C19H13Cl2F3N2OS. The summed E-state index contributed by atoms with van der Waals surface area (Å²) in [4.78, 5) is 17.0. The Labute approximate surface area is 173 Å². The van der Waals surface area contributed by atoms with Crippen LogP contribution >= 0.6 is 34.5 Å². The molecule has 0 fully saturated rings. The smallest absolute Gasteiger partial charge is 0.300 e. The van der Waals surface area contributed by atoms with Crippen LogP contribution in [0.2, 0.25) is 5.02 Å². The first kappa shape index (κ1) is 20.6. The van der Waals surface area contributed by atoms with Crippen LogP contribution in [0.1, 0.15) is 26.9 Å². The van der Waals surface area contributed by atoms with Crippen molar-refractivity contribution in [2.24, 2.45) is 0 Å². The first-order valence-electron chi connectivity index (χ1n) is 8.04. The largest absolute Gasteiger partial charge is 0.416 e. The number of amides is 1. The fourth-order valence-corrected chi connectivity index (χ4v) is 3.69. The van der Waals surface area contributed by atoms with E-state index in [1.165, 1.54) is 12.3 Å². The monoisotopic (exact) mass is 444 g/mol. The first-order valence-corrected chi connectivity index (χ1v) is 9.67. The maximum Gasteiger partial charge on any atom is 0.416 e. The van der Waals surface area contributed by atoms with Crippen molar-refractivity contribution in [2.45, 2.75) is 18.0 Å². The lowest BCUT2D eigenvalue weighted by molar-refractivity contribution is -0.137. The topological polar surface area (TPSA) is 42.0 Å². The summed E-state index contributed by atoms with van der Waals surface area (Å²) < 4.78 is 38.7. The van der Waals surface area contributed by atoms with Crippen LogP contribution in [-0.4, -0.2) is 10.9 Å². The lowest BCUT2D eigenvalue weighted by Gasteiger charge is -2.10. The van der Waals surface area contributed by atoms with Gasteiger partial charge in [-0.3, -0.25) is 4.79 Å². The van der Waals surface area contributed by atoms with E-state index in [2.05, 4.69) is 10.3 Å². The number of nitrogens with one attached hydrogen (secondary N) is 1. The molecule has 0 aliphatic heterocycles. The van der Waals surface area contributed by atoms with Crippen LogP contribution in [0, 0.1) is 0 Å². The highest BCUT2D eigenvalue weighted by Crippen LogP contribution is 2.33. The van der Waals surface area contributed by atoms with Crippen molar-refractivity contribution in [3.8, 4) is 0 Å². The molecule has 0 radical (unpaired) electrons. The van der Waals surface area contributed by atoms with Gasteiger partial charge >= 0.3 is 6.18 Å². The molecular weight excluding hydrogens is 432 g/mol. The standard InChI is InChI=1S/C19H13Cl2F3N2OS/c20-15-7-6-13(19(22,23)24)8-12(15)9-14-10-25-18(28-14)26-17(27)16(21)11-4-2-1-3-5-11/h1-8,10,16H,9H2,(H,25,26,27). The second kappa shape index (κ2) is 8.51. The van der Waals surface area contributed by atoms with Crippen LogP contribution in [-0.2, 0) is 17.4 Å². The molecule has 28 heavy (non-hydrogen) atoms. The highest BCUT2D eigenvalue weighted by Gasteiger charge is 2.31. The van der Waals surface area contributed by atoms with Crippen LogP contribution in [0.25, 0.3) is 0 Å². The minimum atomic E-state index is -4.45. The van der Waals surface area contributed by atoms with Crippen molar-refractivity contribution in [3.05, 3.63) is 81.3 Å². The van der Waals surface area contributed by atoms with Crippen molar-refractivity contribution in [2.75, 3.05) is 5.32 Å². The molecule has 0 aliphatic carbocycles. The number of hydrogen-bond acceptors (Lipinski definition) is 3. The van der Waals surface area contributed by atoms with Crippen LogP contribution in [0.15, 0.2) is 54.7 Å². The van der Waals surface area contributed by atoms with Crippen molar-refractivity contribution in [1.29, 1.82) is 0 Å². The Morgan fingerprint density at radius 1 is 1.18 bits per heavy atom. The van der Waals surface area contributed by atoms with E-state index in [4.69, 9.17) is 23.2 Å². The molecule has 2 aromatic carbocycles. The maximum atomic E-state index is 12.9. The Morgan fingerprint density at radius 3 is 2.57 bits per heavy atom. The SMILES string of the molecule is O=C(Nc1ncc(Cc2cc(C(F)(F)F)ccc2Cl)s1)C(Cl)c1ccccc1. The molecule has 1 atom stereocenters. The Kier molecular flexibility index (Phi) is 6.27. The Bertz CT molecular complexity index is 977. The number of rotatable bonds is 5. The molecule has 0 saturated heterocycles. The number of anilines is 1. The number of carbonyl (C=O) groups excluding carboxylic acids is 1. The third-order valence-electron chi connectivity index (χ3n) is 3.84. The van der Waals surface area contributed by atoms with Gasteiger partial charge in [-0.1, -0.05) is 41.9 Å². The average molecular weight is 445 g/mol. The molecule has 1 unspecified atom stereocenters. The summed E-state index contributed by atoms with van der Waals surface area (Å²) in [5, 5.41) is 2.28. The Balaban J connectivity index is 1.70. The normalized spacial score (nSPS) is 12.6. The minimum Gasteiger partial charge on any atom is -0.300 e. The summed E-state index contributed by atoms with van der Waals surface area (Å²) in [5.74, 6) is -0.439. The number of halogens is 5. The van der Waals surface area contributed by atoms with E-state index in [0.717, 1.165) is 23.5 Å². The molecule has 0 aliphatic rings. The van der Waals surface area contributed by atoms with E-state index in [1.807, 2.05) is 6.07 Å². The molecule has 3 rings (SSSR count). The van der Waals surface area contributed by atoms with Gasteiger partial charge in [0, 0.05) is 22.5 Å². The minimum absolute atomic E-state index is 0.166. The number of carbonyl (C=O) groups is 1. The van der Waals surface area contributed by atoms with Crippen LogP contribution in [0.4, 0.5) is 18.3 Å². The predicted molar refractivity (Wildman–Crippen MR) is 105 cm³/mol. The second-order valence-electron chi connectivity index (χ2n) is 5.87. The van der Waals surface area contributed by atoms with Crippen LogP contribution < -0.4 is 5.32 Å². The molecule has 146 valence electrons. The zero-order valence-electron chi connectivity index (χ0n) is 14.1. The molecule has 0 bridgehead atoms. The van der Waals surface area contributed by atoms with Gasteiger partial charge in [0.1, 0.15) is 5.38 Å². The fraction of sp³-hybridized carbons (Fsp3) is 0.158. The number of nitrogens with zero attached hydrogens (tertiary/aromatic N) is 1. The van der Waals surface area contributed by atoms with E-state index < -0.39 is 23.0 Å². The van der Waals surface area contributed by atoms with Crippen LogP contribution in [0.3, 0.4) is 0 Å². The van der Waals surface area contributed by atoms with E-state index in [9.17, 15) is 18.0 Å². The molecule has 0 saturated carbocycles. The van der Waals surface area contributed by atoms with E-state index >= 15 is 0 Å². The van der Waals surface area contributed by atoms with Gasteiger partial charge in [0.15, 0.2) is 5.13 Å². The zero-order valence-corrected chi connectivity index (χ0v) is 16.5. The van der Waals surface area contributed by atoms with Gasteiger partial charge in [-0.25, -0.2) is 4.98 Å². The summed E-state index contributed by atoms with van der Waals surface area (Å²) in [6.07, 6.45) is -2.79. The molecule has 1 N–H and O–H groups in total. The van der Waals surface area contributed by atoms with E-state index in [0.29, 0.717) is 21.1 Å². The predicted octanol–water partition coefficient (Wildman–Crippen LogP) is 6.32. The highest BCUT2D eigenvalue weighted by atomic mass is 35.5. The number of benzene rings is 2. The zero-order chi connectivity index (χ0) is 20.3. The van der Waals surface area contributed by atoms with Gasteiger partial charge < -0.3 is 5.32 Å². The molecule has 3 aromatic rings. The van der Waals surface area contributed by atoms with Crippen molar-refractivity contribution in [3.63, 3.8) is 0 Å². The van der Waals surface area contributed by atoms with Gasteiger partial charge in [-0.2, -0.15) is 13.2 Å². The summed E-state index contributed by atoms with van der Waals surface area (Å²) >= 11 is 13.3. The van der Waals surface area contributed by atoms with Gasteiger partial charge in [0.05, 0.1) is 5.56 Å². The van der Waals surface area contributed by atoms with Crippen molar-refractivity contribution in [1.82, 2.24) is 4.98 Å². The molecule has 3 nitrogen and oxygen atoms in total. The Hall–Kier alpha value is -2.09. The van der Waals surface area contributed by atoms with Gasteiger partial charge in [0.25, 0.3) is 0 Å². The summed E-state index contributed by atoms with van der Waals surface area (Å²) in [7, 11) is 0. The molecule has 1 amide bonds. The first-order chi connectivity index (χ1) is 13.2. The van der Waals surface area contributed by atoms with E-state index in [-0.39, 0.29) is 11.4 Å². The average Bonchev–Trinajstić information content (AvgIpc) is 3.09. The second-order valence-corrected chi connectivity index (χ2v) is 7.83. The van der Waals surface area contributed by atoms with Crippen LogP contribution in [0.5, 0.6) is 0 Å². The third kappa shape index (κ3) is 5.04. The lowest BCUT2D eigenvalue weighted by Crippen LogP contribution is -2.17. The molecule has 9 heteroatoms. The third-order valence-corrected chi connectivity index (χ3v) is 5.58. The van der Waals surface area contributed by atoms with Gasteiger partial charge in [0.2, 0.25) is 5.91 Å². The summed E-state index contributed by atoms with van der Waals surface area (Å²) in [5.41, 5.74) is 0.213. The number of aromatic nitrogens is 1.